The summed E-state index contributed by atoms with van der Waals surface area (Å²) < 4.78 is 5.57. The topological polar surface area (TPSA) is 55.4 Å². The van der Waals surface area contributed by atoms with Gasteiger partial charge < -0.3 is 10.1 Å². The van der Waals surface area contributed by atoms with E-state index in [1.54, 1.807) is 12.1 Å². The molecule has 0 heterocycles. The predicted octanol–water partition coefficient (Wildman–Crippen LogP) is 8.08. The SMILES string of the molecule is O=C(NCC(=O)c1ccc([C](c2ccccc2)c2ccc(Cl)cc2)cc1)OCC1c2ccccc2-c2ccccc21. The van der Waals surface area contributed by atoms with Gasteiger partial charge >= 0.3 is 6.09 Å². The third-order valence-electron chi connectivity index (χ3n) is 7.43. The van der Waals surface area contributed by atoms with Crippen molar-refractivity contribution in [3.05, 3.63) is 172 Å². The van der Waals surface area contributed by atoms with E-state index in [2.05, 4.69) is 41.7 Å². The number of alkyl carbamates (subject to hydrolysis) is 1. The van der Waals surface area contributed by atoms with Crippen molar-refractivity contribution in [1.29, 1.82) is 0 Å². The number of ether oxygens (including phenoxy) is 1. The van der Waals surface area contributed by atoms with Crippen LogP contribution in [-0.2, 0) is 4.74 Å². The molecule has 5 aromatic carbocycles. The lowest BCUT2D eigenvalue weighted by Gasteiger charge is -2.18. The number of amides is 1. The van der Waals surface area contributed by atoms with Gasteiger partial charge in [0.1, 0.15) is 6.61 Å². The van der Waals surface area contributed by atoms with Gasteiger partial charge in [-0.2, -0.15) is 0 Å². The van der Waals surface area contributed by atoms with Crippen LogP contribution in [-0.4, -0.2) is 25.0 Å². The van der Waals surface area contributed by atoms with E-state index >= 15 is 0 Å². The molecule has 201 valence electrons. The third-order valence-corrected chi connectivity index (χ3v) is 7.68. The van der Waals surface area contributed by atoms with Crippen LogP contribution < -0.4 is 5.32 Å². The molecule has 0 saturated carbocycles. The summed E-state index contributed by atoms with van der Waals surface area (Å²) in [5.41, 5.74) is 8.18. The van der Waals surface area contributed by atoms with E-state index in [9.17, 15) is 9.59 Å². The third kappa shape index (κ3) is 5.65. The Hall–Kier alpha value is -4.67. The van der Waals surface area contributed by atoms with Crippen molar-refractivity contribution in [2.24, 2.45) is 0 Å². The summed E-state index contributed by atoms with van der Waals surface area (Å²) in [4.78, 5) is 25.4. The zero-order valence-corrected chi connectivity index (χ0v) is 23.0. The molecule has 6 rings (SSSR count). The Bertz CT molecular complexity index is 1640. The van der Waals surface area contributed by atoms with E-state index in [1.165, 1.54) is 11.1 Å². The van der Waals surface area contributed by atoms with Crippen molar-refractivity contribution in [3.8, 4) is 11.1 Å². The normalized spacial score (nSPS) is 12.0. The average molecular weight is 557 g/mol. The molecule has 0 spiro atoms. The molecule has 0 fully saturated rings. The second kappa shape index (κ2) is 11.8. The molecule has 41 heavy (non-hydrogen) atoms. The lowest BCUT2D eigenvalue weighted by molar-refractivity contribution is 0.0976. The van der Waals surface area contributed by atoms with Gasteiger partial charge in [-0.1, -0.05) is 127 Å². The maximum Gasteiger partial charge on any atom is 0.407 e. The highest BCUT2D eigenvalue weighted by Crippen LogP contribution is 2.44. The molecule has 0 aromatic heterocycles. The Morgan fingerprint density at radius 1 is 0.610 bits per heavy atom. The van der Waals surface area contributed by atoms with Crippen molar-refractivity contribution >= 4 is 23.5 Å². The Balaban J connectivity index is 1.09. The molecule has 1 aliphatic carbocycles. The highest BCUT2D eigenvalue weighted by atomic mass is 35.5. The summed E-state index contributed by atoms with van der Waals surface area (Å²) in [7, 11) is 0. The largest absolute Gasteiger partial charge is 0.449 e. The Morgan fingerprint density at radius 2 is 1.10 bits per heavy atom. The first-order valence-corrected chi connectivity index (χ1v) is 13.9. The summed E-state index contributed by atoms with van der Waals surface area (Å²) in [6.07, 6.45) is -0.612. The van der Waals surface area contributed by atoms with Crippen LogP contribution in [0, 0.1) is 5.92 Å². The zero-order chi connectivity index (χ0) is 28.2. The van der Waals surface area contributed by atoms with Gasteiger partial charge in [0.05, 0.1) is 12.5 Å². The summed E-state index contributed by atoms with van der Waals surface area (Å²) >= 11 is 6.12. The first-order chi connectivity index (χ1) is 20.1. The van der Waals surface area contributed by atoms with Crippen LogP contribution in [0.4, 0.5) is 4.79 Å². The number of carbonyl (C=O) groups is 2. The fourth-order valence-corrected chi connectivity index (χ4v) is 5.57. The second-order valence-electron chi connectivity index (χ2n) is 9.93. The van der Waals surface area contributed by atoms with Gasteiger partial charge in [-0.05, 0) is 51.1 Å². The smallest absolute Gasteiger partial charge is 0.407 e. The van der Waals surface area contributed by atoms with Crippen LogP contribution in [0.2, 0.25) is 5.02 Å². The molecule has 1 amide bonds. The van der Waals surface area contributed by atoms with E-state index in [4.69, 9.17) is 16.3 Å². The van der Waals surface area contributed by atoms with Crippen LogP contribution in [0.25, 0.3) is 11.1 Å². The van der Waals surface area contributed by atoms with E-state index in [0.717, 1.165) is 33.7 Å². The Kier molecular flexibility index (Phi) is 7.66. The molecule has 5 heteroatoms. The standard InChI is InChI=1S/C36H27ClNO3/c37-28-20-18-27(19-21-28)35(25-8-2-1-3-9-25)26-16-14-24(15-17-26)34(39)22-38-36(40)41-23-33-31-12-6-4-10-29(31)30-11-5-7-13-32(30)33/h1-21,33H,22-23H2,(H,38,40). The number of carbonyl (C=O) groups excluding carboxylic acids is 2. The highest BCUT2D eigenvalue weighted by molar-refractivity contribution is 6.30. The number of hydrogen-bond donors (Lipinski definition) is 1. The number of Topliss-reactive ketones (excluding diaryl/α,β-unsaturated/α-hetero) is 1. The van der Waals surface area contributed by atoms with Crippen LogP contribution in [0.3, 0.4) is 0 Å². The van der Waals surface area contributed by atoms with Crippen LogP contribution >= 0.6 is 11.6 Å². The van der Waals surface area contributed by atoms with Crippen molar-refractivity contribution in [2.45, 2.75) is 5.92 Å². The highest BCUT2D eigenvalue weighted by Gasteiger charge is 2.29. The van der Waals surface area contributed by atoms with Gasteiger partial charge in [0.2, 0.25) is 0 Å². The van der Waals surface area contributed by atoms with Gasteiger partial charge in [-0.25, -0.2) is 4.79 Å². The van der Waals surface area contributed by atoms with Gasteiger partial charge in [-0.15, -0.1) is 0 Å². The van der Waals surface area contributed by atoms with E-state index in [1.807, 2.05) is 78.9 Å². The number of benzene rings is 5. The van der Waals surface area contributed by atoms with Crippen LogP contribution in [0.5, 0.6) is 0 Å². The van der Waals surface area contributed by atoms with Gasteiger partial charge in [0.25, 0.3) is 0 Å². The monoisotopic (exact) mass is 556 g/mol. The fraction of sp³-hybridized carbons (Fsp3) is 0.0833. The average Bonchev–Trinajstić information content (AvgIpc) is 3.34. The second-order valence-corrected chi connectivity index (χ2v) is 10.4. The molecular weight excluding hydrogens is 530 g/mol. The maximum atomic E-state index is 12.9. The Labute approximate surface area is 244 Å². The minimum atomic E-state index is -0.612. The van der Waals surface area contributed by atoms with Crippen molar-refractivity contribution < 1.29 is 14.3 Å². The first kappa shape index (κ1) is 26.5. The number of rotatable bonds is 8. The predicted molar refractivity (Wildman–Crippen MR) is 162 cm³/mol. The molecule has 1 N–H and O–H groups in total. The minimum absolute atomic E-state index is 0.0351. The summed E-state index contributed by atoms with van der Waals surface area (Å²) in [5, 5.41) is 3.29. The van der Waals surface area contributed by atoms with Crippen molar-refractivity contribution in [1.82, 2.24) is 5.32 Å². The molecule has 4 nitrogen and oxygen atoms in total. The zero-order valence-electron chi connectivity index (χ0n) is 22.2. The van der Waals surface area contributed by atoms with Gasteiger partial charge in [-0.3, -0.25) is 4.79 Å². The molecule has 1 aliphatic rings. The van der Waals surface area contributed by atoms with E-state index in [0.29, 0.717) is 10.6 Å². The van der Waals surface area contributed by atoms with Crippen LogP contribution in [0.15, 0.2) is 127 Å². The molecular formula is C36H27ClNO3. The molecule has 5 aromatic rings. The lowest BCUT2D eigenvalue weighted by Crippen LogP contribution is -2.31. The van der Waals surface area contributed by atoms with Crippen molar-refractivity contribution in [3.63, 3.8) is 0 Å². The number of ketones is 1. The summed E-state index contributed by atoms with van der Waals surface area (Å²) in [5.74, 6) is 0.808. The number of hydrogen-bond acceptors (Lipinski definition) is 3. The van der Waals surface area contributed by atoms with Gasteiger partial charge in [0, 0.05) is 16.5 Å². The first-order valence-electron chi connectivity index (χ1n) is 13.5. The number of nitrogens with one attached hydrogen (secondary N) is 1. The lowest BCUT2D eigenvalue weighted by atomic mass is 9.85. The molecule has 0 saturated heterocycles. The Morgan fingerprint density at radius 3 is 1.71 bits per heavy atom. The maximum absolute atomic E-state index is 12.9. The van der Waals surface area contributed by atoms with Gasteiger partial charge in [0.15, 0.2) is 5.78 Å². The molecule has 0 bridgehead atoms. The van der Waals surface area contributed by atoms with Crippen molar-refractivity contribution in [2.75, 3.05) is 13.2 Å². The summed E-state index contributed by atoms with van der Waals surface area (Å²) in [6.45, 7) is 0.0496. The molecule has 0 atom stereocenters. The molecule has 1 radical (unpaired) electrons. The molecule has 0 aliphatic heterocycles. The fourth-order valence-electron chi connectivity index (χ4n) is 5.45. The van der Waals surface area contributed by atoms with E-state index in [-0.39, 0.29) is 24.9 Å². The van der Waals surface area contributed by atoms with Crippen LogP contribution in [0.1, 0.15) is 44.1 Å². The minimum Gasteiger partial charge on any atom is -0.449 e. The summed E-state index contributed by atoms with van der Waals surface area (Å²) in [6, 6.07) is 41.6. The van der Waals surface area contributed by atoms with E-state index < -0.39 is 6.09 Å². The number of halogens is 1. The quantitative estimate of drug-likeness (QED) is 0.155. The number of fused-ring (bicyclic) bond motifs is 3. The molecule has 0 unspecified atom stereocenters.